The summed E-state index contributed by atoms with van der Waals surface area (Å²) in [7, 11) is -3.68. The maximum atomic E-state index is 12.1. The number of hydrogen-bond donors (Lipinski definition) is 2. The number of aromatic carboxylic acids is 1. The van der Waals surface area contributed by atoms with Crippen LogP contribution in [0.4, 0.5) is 0 Å². The average molecular weight is 329 g/mol. The summed E-state index contributed by atoms with van der Waals surface area (Å²) in [5.74, 6) is -1.12. The molecule has 0 saturated heterocycles. The number of carboxylic acid groups (broad SMARTS) is 1. The lowest BCUT2D eigenvalue weighted by atomic mass is 10.4. The molecular formula is C12H15N3O4S2. The van der Waals surface area contributed by atoms with E-state index < -0.39 is 16.0 Å². The topological polar surface area (TPSA) is 101 Å². The molecule has 9 heteroatoms. The number of carboxylic acids is 1. The van der Waals surface area contributed by atoms with E-state index in [1.807, 2.05) is 0 Å². The van der Waals surface area contributed by atoms with Gasteiger partial charge in [0.2, 0.25) is 10.0 Å². The Kier molecular flexibility index (Phi) is 4.76. The van der Waals surface area contributed by atoms with Crippen molar-refractivity contribution in [3.05, 3.63) is 34.3 Å². The highest BCUT2D eigenvalue weighted by molar-refractivity contribution is 7.89. The zero-order valence-electron chi connectivity index (χ0n) is 11.3. The Bertz CT molecular complexity index is 720. The highest BCUT2D eigenvalue weighted by Gasteiger charge is 2.21. The SMILES string of the molecule is Cc1sc(C(=O)O)cc1S(=O)(=O)NCCCn1cccn1. The van der Waals surface area contributed by atoms with Crippen molar-refractivity contribution < 1.29 is 18.3 Å². The summed E-state index contributed by atoms with van der Waals surface area (Å²) in [6.45, 7) is 2.47. The van der Waals surface area contributed by atoms with Crippen LogP contribution in [-0.4, -0.2) is 35.8 Å². The Morgan fingerprint density at radius 3 is 2.86 bits per heavy atom. The molecule has 0 amide bonds. The number of aryl methyl sites for hydroxylation is 2. The second-order valence-corrected chi connectivity index (χ2v) is 7.35. The molecule has 0 atom stereocenters. The molecule has 2 aromatic heterocycles. The summed E-state index contributed by atoms with van der Waals surface area (Å²) in [6.07, 6.45) is 4.05. The number of hydrogen-bond acceptors (Lipinski definition) is 5. The van der Waals surface area contributed by atoms with Crippen LogP contribution in [-0.2, 0) is 16.6 Å². The van der Waals surface area contributed by atoms with Gasteiger partial charge in [0.1, 0.15) is 4.88 Å². The van der Waals surface area contributed by atoms with Crippen LogP contribution >= 0.6 is 11.3 Å². The van der Waals surface area contributed by atoms with Crippen LogP contribution in [0.25, 0.3) is 0 Å². The van der Waals surface area contributed by atoms with E-state index in [0.717, 1.165) is 11.3 Å². The third kappa shape index (κ3) is 3.90. The first-order chi connectivity index (χ1) is 9.90. The normalized spacial score (nSPS) is 11.7. The second kappa shape index (κ2) is 6.37. The minimum absolute atomic E-state index is 0.0180. The molecular weight excluding hydrogens is 314 g/mol. The van der Waals surface area contributed by atoms with Crippen LogP contribution in [0, 0.1) is 6.92 Å². The van der Waals surface area contributed by atoms with E-state index in [2.05, 4.69) is 9.82 Å². The maximum absolute atomic E-state index is 12.1. The molecule has 114 valence electrons. The van der Waals surface area contributed by atoms with Gasteiger partial charge >= 0.3 is 5.97 Å². The molecule has 0 aromatic carbocycles. The Morgan fingerprint density at radius 1 is 1.52 bits per heavy atom. The molecule has 0 bridgehead atoms. The number of nitrogens with one attached hydrogen (secondary N) is 1. The maximum Gasteiger partial charge on any atom is 0.345 e. The van der Waals surface area contributed by atoms with Crippen molar-refractivity contribution in [1.29, 1.82) is 0 Å². The number of sulfonamides is 1. The fourth-order valence-electron chi connectivity index (χ4n) is 1.80. The summed E-state index contributed by atoms with van der Waals surface area (Å²) >= 11 is 0.954. The lowest BCUT2D eigenvalue weighted by molar-refractivity contribution is 0.0702. The number of rotatable bonds is 7. The van der Waals surface area contributed by atoms with Crippen LogP contribution in [0.5, 0.6) is 0 Å². The molecule has 0 fully saturated rings. The lowest BCUT2D eigenvalue weighted by Gasteiger charge is -2.06. The lowest BCUT2D eigenvalue weighted by Crippen LogP contribution is -2.25. The Morgan fingerprint density at radius 2 is 2.29 bits per heavy atom. The van der Waals surface area contributed by atoms with Crippen LogP contribution in [0.1, 0.15) is 21.0 Å². The van der Waals surface area contributed by atoms with Gasteiger partial charge in [-0.1, -0.05) is 0 Å². The van der Waals surface area contributed by atoms with Crippen molar-refractivity contribution in [1.82, 2.24) is 14.5 Å². The van der Waals surface area contributed by atoms with Gasteiger partial charge in [0.05, 0.1) is 4.90 Å². The van der Waals surface area contributed by atoms with Gasteiger partial charge in [-0.15, -0.1) is 11.3 Å². The summed E-state index contributed by atoms with van der Waals surface area (Å²) < 4.78 is 28.5. The zero-order valence-corrected chi connectivity index (χ0v) is 12.9. The fraction of sp³-hybridized carbons (Fsp3) is 0.333. The van der Waals surface area contributed by atoms with Crippen molar-refractivity contribution in [2.24, 2.45) is 0 Å². The largest absolute Gasteiger partial charge is 0.477 e. The molecule has 0 aliphatic carbocycles. The first-order valence-electron chi connectivity index (χ1n) is 6.21. The summed E-state index contributed by atoms with van der Waals surface area (Å²) in [5, 5.41) is 12.9. The van der Waals surface area contributed by atoms with Crippen LogP contribution in [0.2, 0.25) is 0 Å². The van der Waals surface area contributed by atoms with Gasteiger partial charge in [0, 0.05) is 30.4 Å². The molecule has 0 spiro atoms. The van der Waals surface area contributed by atoms with Crippen molar-refractivity contribution in [2.75, 3.05) is 6.54 Å². The van der Waals surface area contributed by atoms with E-state index >= 15 is 0 Å². The Labute approximate surface area is 126 Å². The second-order valence-electron chi connectivity index (χ2n) is 4.36. The number of aromatic nitrogens is 2. The first kappa shape index (κ1) is 15.7. The molecule has 0 aliphatic rings. The van der Waals surface area contributed by atoms with E-state index in [0.29, 0.717) is 17.8 Å². The van der Waals surface area contributed by atoms with E-state index in [1.54, 1.807) is 30.1 Å². The molecule has 0 aliphatic heterocycles. The van der Waals surface area contributed by atoms with Gasteiger partial charge in [-0.2, -0.15) is 5.10 Å². The van der Waals surface area contributed by atoms with Gasteiger partial charge in [-0.05, 0) is 25.5 Å². The number of nitrogens with zero attached hydrogens (tertiary/aromatic N) is 2. The third-order valence-electron chi connectivity index (χ3n) is 2.79. The standard InChI is InChI=1S/C12H15N3O4S2/c1-9-11(8-10(20-9)12(16)17)21(18,19)14-5-3-7-15-6-2-4-13-15/h2,4,6,8,14H,3,5,7H2,1H3,(H,16,17). The van der Waals surface area contributed by atoms with E-state index in [1.165, 1.54) is 6.07 Å². The minimum Gasteiger partial charge on any atom is -0.477 e. The van der Waals surface area contributed by atoms with E-state index in [-0.39, 0.29) is 16.3 Å². The molecule has 2 heterocycles. The van der Waals surface area contributed by atoms with Crippen molar-refractivity contribution in [3.8, 4) is 0 Å². The van der Waals surface area contributed by atoms with Crippen LogP contribution < -0.4 is 4.72 Å². The van der Waals surface area contributed by atoms with Gasteiger partial charge in [-0.3, -0.25) is 4.68 Å². The fourth-order valence-corrected chi connectivity index (χ4v) is 4.30. The molecule has 2 aromatic rings. The van der Waals surface area contributed by atoms with E-state index in [4.69, 9.17) is 5.11 Å². The minimum atomic E-state index is -3.68. The Hall–Kier alpha value is -1.71. The monoisotopic (exact) mass is 329 g/mol. The van der Waals surface area contributed by atoms with E-state index in [9.17, 15) is 13.2 Å². The highest BCUT2D eigenvalue weighted by atomic mass is 32.2. The quantitative estimate of drug-likeness (QED) is 0.746. The molecule has 0 saturated carbocycles. The van der Waals surface area contributed by atoms with Gasteiger partial charge < -0.3 is 5.11 Å². The van der Waals surface area contributed by atoms with Crippen LogP contribution in [0.3, 0.4) is 0 Å². The number of carbonyl (C=O) groups is 1. The molecule has 0 unspecified atom stereocenters. The zero-order chi connectivity index (χ0) is 15.5. The average Bonchev–Trinajstić information content (AvgIpc) is 3.04. The molecule has 2 N–H and O–H groups in total. The molecule has 21 heavy (non-hydrogen) atoms. The van der Waals surface area contributed by atoms with Crippen LogP contribution in [0.15, 0.2) is 29.4 Å². The molecule has 2 rings (SSSR count). The Balaban J connectivity index is 1.96. The van der Waals surface area contributed by atoms with Gasteiger partial charge in [0.15, 0.2) is 0 Å². The predicted molar refractivity (Wildman–Crippen MR) is 78.0 cm³/mol. The van der Waals surface area contributed by atoms with Gasteiger partial charge in [0.25, 0.3) is 0 Å². The van der Waals surface area contributed by atoms with Crippen molar-refractivity contribution in [2.45, 2.75) is 24.8 Å². The van der Waals surface area contributed by atoms with Gasteiger partial charge in [-0.25, -0.2) is 17.9 Å². The third-order valence-corrected chi connectivity index (χ3v) is 5.54. The number of thiophene rings is 1. The van der Waals surface area contributed by atoms with Crippen molar-refractivity contribution in [3.63, 3.8) is 0 Å². The summed E-state index contributed by atoms with van der Waals surface area (Å²) in [5.41, 5.74) is 0. The van der Waals surface area contributed by atoms with Crippen molar-refractivity contribution >= 4 is 27.3 Å². The molecule has 0 radical (unpaired) electrons. The highest BCUT2D eigenvalue weighted by Crippen LogP contribution is 2.25. The molecule has 7 nitrogen and oxygen atoms in total. The first-order valence-corrected chi connectivity index (χ1v) is 8.51. The predicted octanol–water partition coefficient (Wildman–Crippen LogP) is 1.32. The summed E-state index contributed by atoms with van der Waals surface area (Å²) in [4.78, 5) is 11.4. The summed E-state index contributed by atoms with van der Waals surface area (Å²) in [6, 6.07) is 2.99. The smallest absolute Gasteiger partial charge is 0.345 e.